The van der Waals surface area contributed by atoms with E-state index < -0.39 is 0 Å². The fourth-order valence-corrected chi connectivity index (χ4v) is 2.87. The molecule has 1 aromatic carbocycles. The molecule has 0 unspecified atom stereocenters. The summed E-state index contributed by atoms with van der Waals surface area (Å²) in [5.41, 5.74) is 5.49. The second-order valence-electron chi connectivity index (χ2n) is 3.92. The summed E-state index contributed by atoms with van der Waals surface area (Å²) in [7, 11) is 2.04. The molecule has 2 aromatic rings. The van der Waals surface area contributed by atoms with Crippen LogP contribution in [0.25, 0.3) is 10.1 Å². The van der Waals surface area contributed by atoms with Crippen LogP contribution >= 0.6 is 11.3 Å². The molecule has 0 saturated heterocycles. The first kappa shape index (κ1) is 11.5. The van der Waals surface area contributed by atoms with E-state index in [1.807, 2.05) is 13.1 Å². The zero-order chi connectivity index (χ0) is 11.5. The monoisotopic (exact) mass is 238 g/mol. The first-order valence-electron chi connectivity index (χ1n) is 5.25. The Kier molecular flexibility index (Phi) is 3.53. The molecule has 0 bridgehead atoms. The van der Waals surface area contributed by atoms with Gasteiger partial charge in [-0.2, -0.15) is 0 Å². The molecule has 0 aliphatic carbocycles. The van der Waals surface area contributed by atoms with Crippen molar-refractivity contribution in [2.24, 2.45) is 5.73 Å². The summed E-state index contributed by atoms with van der Waals surface area (Å²) in [6, 6.07) is 7.04. The topological polar surface area (TPSA) is 29.3 Å². The van der Waals surface area contributed by atoms with Crippen molar-refractivity contribution in [3.8, 4) is 0 Å². The van der Waals surface area contributed by atoms with Gasteiger partial charge in [-0.1, -0.05) is 6.07 Å². The number of halogens is 1. The number of nitrogens with two attached hydrogens (primary N) is 1. The maximum Gasteiger partial charge on any atom is 0.124 e. The van der Waals surface area contributed by atoms with Gasteiger partial charge >= 0.3 is 0 Å². The molecule has 0 radical (unpaired) electrons. The predicted octanol–water partition coefficient (Wildman–Crippen LogP) is 2.43. The zero-order valence-corrected chi connectivity index (χ0v) is 10.1. The van der Waals surface area contributed by atoms with E-state index in [0.717, 1.165) is 23.2 Å². The largest absolute Gasteiger partial charge is 0.329 e. The lowest BCUT2D eigenvalue weighted by Gasteiger charge is -2.13. The molecule has 2 nitrogen and oxygen atoms in total. The van der Waals surface area contributed by atoms with Crippen molar-refractivity contribution in [2.75, 3.05) is 20.1 Å². The molecule has 1 heterocycles. The average molecular weight is 238 g/mol. The first-order valence-corrected chi connectivity index (χ1v) is 6.07. The van der Waals surface area contributed by atoms with Crippen LogP contribution in [0, 0.1) is 5.82 Å². The molecule has 0 fully saturated rings. The molecule has 1 aromatic heterocycles. The fourth-order valence-electron chi connectivity index (χ4n) is 1.70. The number of thiophene rings is 1. The van der Waals surface area contributed by atoms with Crippen molar-refractivity contribution >= 4 is 21.4 Å². The Morgan fingerprint density at radius 3 is 2.94 bits per heavy atom. The Labute approximate surface area is 98.5 Å². The molecule has 0 aliphatic heterocycles. The summed E-state index contributed by atoms with van der Waals surface area (Å²) in [5.74, 6) is -0.170. The van der Waals surface area contributed by atoms with Gasteiger partial charge in [-0.3, -0.25) is 0 Å². The van der Waals surface area contributed by atoms with Crippen molar-refractivity contribution in [1.29, 1.82) is 0 Å². The molecule has 86 valence electrons. The minimum Gasteiger partial charge on any atom is -0.329 e. The maximum absolute atomic E-state index is 13.0. The van der Waals surface area contributed by atoms with Crippen LogP contribution in [0.4, 0.5) is 4.39 Å². The van der Waals surface area contributed by atoms with Crippen molar-refractivity contribution in [3.63, 3.8) is 0 Å². The molecular formula is C12H15FN2S. The molecule has 2 N–H and O–H groups in total. The van der Waals surface area contributed by atoms with E-state index in [1.165, 1.54) is 10.9 Å². The van der Waals surface area contributed by atoms with Crippen LogP contribution in [0.2, 0.25) is 0 Å². The summed E-state index contributed by atoms with van der Waals surface area (Å²) in [6.45, 7) is 2.41. The van der Waals surface area contributed by atoms with Gasteiger partial charge in [0.2, 0.25) is 0 Å². The van der Waals surface area contributed by atoms with Gasteiger partial charge in [0.1, 0.15) is 5.82 Å². The second-order valence-corrected chi connectivity index (χ2v) is 5.09. The lowest BCUT2D eigenvalue weighted by molar-refractivity contribution is 0.339. The minimum absolute atomic E-state index is 0.170. The Bertz CT molecular complexity index is 481. The van der Waals surface area contributed by atoms with Gasteiger partial charge in [-0.15, -0.1) is 11.3 Å². The summed E-state index contributed by atoms with van der Waals surface area (Å²) in [4.78, 5) is 3.41. The molecule has 0 spiro atoms. The summed E-state index contributed by atoms with van der Waals surface area (Å²) in [5, 5.41) is 1.11. The van der Waals surface area contributed by atoms with Crippen molar-refractivity contribution in [1.82, 2.24) is 4.90 Å². The first-order chi connectivity index (χ1) is 7.69. The van der Waals surface area contributed by atoms with E-state index in [-0.39, 0.29) is 5.82 Å². The number of likely N-dealkylation sites (N-methyl/N-ethyl adjacent to an activating group) is 1. The van der Waals surface area contributed by atoms with Crippen LogP contribution in [-0.2, 0) is 6.54 Å². The fraction of sp³-hybridized carbons (Fsp3) is 0.333. The third kappa shape index (κ3) is 2.58. The van der Waals surface area contributed by atoms with E-state index in [0.29, 0.717) is 6.54 Å². The lowest BCUT2D eigenvalue weighted by atomic mass is 10.2. The van der Waals surface area contributed by atoms with Gasteiger partial charge in [-0.05, 0) is 30.6 Å². The Balaban J connectivity index is 2.19. The number of nitrogens with zero attached hydrogens (tertiary/aromatic N) is 1. The predicted molar refractivity (Wildman–Crippen MR) is 67.2 cm³/mol. The van der Waals surface area contributed by atoms with Crippen molar-refractivity contribution in [2.45, 2.75) is 6.54 Å². The Morgan fingerprint density at radius 2 is 2.19 bits per heavy atom. The Morgan fingerprint density at radius 1 is 1.38 bits per heavy atom. The molecular weight excluding hydrogens is 223 g/mol. The molecule has 4 heteroatoms. The summed E-state index contributed by atoms with van der Waals surface area (Å²) in [6.07, 6.45) is 0. The quantitative estimate of drug-likeness (QED) is 0.886. The SMILES string of the molecule is CN(CCN)Cc1cc2ccc(F)cc2s1. The minimum atomic E-state index is -0.170. The highest BCUT2D eigenvalue weighted by molar-refractivity contribution is 7.19. The highest BCUT2D eigenvalue weighted by Crippen LogP contribution is 2.26. The highest BCUT2D eigenvalue weighted by Gasteiger charge is 2.05. The van der Waals surface area contributed by atoms with E-state index in [4.69, 9.17) is 5.73 Å². The molecule has 0 amide bonds. The molecule has 0 atom stereocenters. The second kappa shape index (κ2) is 4.91. The van der Waals surface area contributed by atoms with E-state index in [9.17, 15) is 4.39 Å². The van der Waals surface area contributed by atoms with Gasteiger partial charge in [0, 0.05) is 29.2 Å². The van der Waals surface area contributed by atoms with Crippen molar-refractivity contribution in [3.05, 3.63) is 35.0 Å². The van der Waals surface area contributed by atoms with E-state index >= 15 is 0 Å². The van der Waals surface area contributed by atoms with Crippen LogP contribution in [-0.4, -0.2) is 25.0 Å². The maximum atomic E-state index is 13.0. The van der Waals surface area contributed by atoms with Crippen LogP contribution in [0.5, 0.6) is 0 Å². The van der Waals surface area contributed by atoms with Gasteiger partial charge in [0.25, 0.3) is 0 Å². The van der Waals surface area contributed by atoms with E-state index in [1.54, 1.807) is 17.4 Å². The van der Waals surface area contributed by atoms with Gasteiger partial charge in [0.15, 0.2) is 0 Å². The molecule has 0 aliphatic rings. The van der Waals surface area contributed by atoms with Crippen LogP contribution in [0.15, 0.2) is 24.3 Å². The average Bonchev–Trinajstić information content (AvgIpc) is 2.59. The van der Waals surface area contributed by atoms with Gasteiger partial charge in [-0.25, -0.2) is 4.39 Å². The van der Waals surface area contributed by atoms with Crippen LogP contribution in [0.3, 0.4) is 0 Å². The number of hydrogen-bond acceptors (Lipinski definition) is 3. The smallest absolute Gasteiger partial charge is 0.124 e. The standard InChI is InChI=1S/C12H15FN2S/c1-15(5-4-14)8-11-6-9-2-3-10(13)7-12(9)16-11/h2-3,6-7H,4-5,8,14H2,1H3. The van der Waals surface area contributed by atoms with E-state index in [2.05, 4.69) is 11.0 Å². The lowest BCUT2D eigenvalue weighted by Crippen LogP contribution is -2.24. The van der Waals surface area contributed by atoms with Gasteiger partial charge in [0.05, 0.1) is 0 Å². The zero-order valence-electron chi connectivity index (χ0n) is 9.24. The number of rotatable bonds is 4. The Hall–Kier alpha value is -0.970. The van der Waals surface area contributed by atoms with Crippen LogP contribution in [0.1, 0.15) is 4.88 Å². The normalized spacial score (nSPS) is 11.5. The van der Waals surface area contributed by atoms with Gasteiger partial charge < -0.3 is 10.6 Å². The number of hydrogen-bond donors (Lipinski definition) is 1. The third-order valence-electron chi connectivity index (χ3n) is 2.47. The van der Waals surface area contributed by atoms with Crippen LogP contribution < -0.4 is 5.73 Å². The van der Waals surface area contributed by atoms with Crippen molar-refractivity contribution < 1.29 is 4.39 Å². The molecule has 16 heavy (non-hydrogen) atoms. The summed E-state index contributed by atoms with van der Waals surface area (Å²) >= 11 is 1.64. The molecule has 0 saturated carbocycles. The number of fused-ring (bicyclic) bond motifs is 1. The summed E-state index contributed by atoms with van der Waals surface area (Å²) < 4.78 is 14.0. The number of benzene rings is 1. The highest BCUT2D eigenvalue weighted by atomic mass is 32.1. The molecule has 2 rings (SSSR count). The third-order valence-corrected chi connectivity index (χ3v) is 3.55.